The largest absolute Gasteiger partial charge is 0.495 e. The highest BCUT2D eigenvalue weighted by molar-refractivity contribution is 7.89. The van der Waals surface area contributed by atoms with Gasteiger partial charge in [-0.15, -0.1) is 0 Å². The topological polar surface area (TPSA) is 84.9 Å². The molecule has 2 aromatic carbocycles. The van der Waals surface area contributed by atoms with E-state index in [0.717, 1.165) is 6.07 Å². The van der Waals surface area contributed by atoms with E-state index in [2.05, 4.69) is 5.32 Å². The van der Waals surface area contributed by atoms with Gasteiger partial charge < -0.3 is 14.8 Å². The average Bonchev–Trinajstić information content (AvgIpc) is 2.74. The molecule has 1 aliphatic rings. The fourth-order valence-corrected chi connectivity index (χ4v) is 4.62. The van der Waals surface area contributed by atoms with Crippen molar-refractivity contribution >= 4 is 39.3 Å². The summed E-state index contributed by atoms with van der Waals surface area (Å²) in [7, 11) is -2.41. The number of methoxy groups -OCH3 is 1. The third-order valence-corrected chi connectivity index (χ3v) is 6.55. The SMILES string of the molecule is COc1ccc(/C=C/C(=O)Nc2ccc(Cl)cc2F)cc1S(=O)(=O)N1CCOCC1. The normalized spacial score (nSPS) is 15.3. The lowest BCUT2D eigenvalue weighted by Gasteiger charge is -2.26. The number of hydrogen-bond donors (Lipinski definition) is 1. The van der Waals surface area contributed by atoms with E-state index in [1.54, 1.807) is 6.07 Å². The lowest BCUT2D eigenvalue weighted by molar-refractivity contribution is -0.111. The van der Waals surface area contributed by atoms with Crippen LogP contribution in [0.15, 0.2) is 47.4 Å². The fourth-order valence-electron chi connectivity index (χ4n) is 2.86. The first-order valence-corrected chi connectivity index (χ1v) is 10.8. The number of halogens is 2. The Labute approximate surface area is 179 Å². The molecule has 0 saturated carbocycles. The molecule has 1 amide bonds. The summed E-state index contributed by atoms with van der Waals surface area (Å²) in [5.74, 6) is -1.04. The van der Waals surface area contributed by atoms with Crippen LogP contribution in [0.1, 0.15) is 5.56 Å². The average molecular weight is 455 g/mol. The highest BCUT2D eigenvalue weighted by Gasteiger charge is 2.29. The fraction of sp³-hybridized carbons (Fsp3) is 0.250. The van der Waals surface area contributed by atoms with Gasteiger partial charge in [0.05, 0.1) is 26.0 Å². The monoisotopic (exact) mass is 454 g/mol. The maximum atomic E-state index is 13.8. The number of amides is 1. The van der Waals surface area contributed by atoms with E-state index < -0.39 is 21.7 Å². The summed E-state index contributed by atoms with van der Waals surface area (Å²) in [4.78, 5) is 12.1. The Hall–Kier alpha value is -2.46. The van der Waals surface area contributed by atoms with E-state index in [1.165, 1.54) is 47.8 Å². The summed E-state index contributed by atoms with van der Waals surface area (Å²) in [5.41, 5.74) is 0.453. The zero-order chi connectivity index (χ0) is 21.7. The smallest absolute Gasteiger partial charge is 0.248 e. The van der Waals surface area contributed by atoms with Crippen LogP contribution in [0.3, 0.4) is 0 Å². The van der Waals surface area contributed by atoms with E-state index in [1.807, 2.05) is 0 Å². The van der Waals surface area contributed by atoms with Crippen molar-refractivity contribution in [3.05, 3.63) is 58.9 Å². The van der Waals surface area contributed by atoms with Crippen molar-refractivity contribution in [3.63, 3.8) is 0 Å². The Kier molecular flexibility index (Phi) is 7.09. The van der Waals surface area contributed by atoms with Gasteiger partial charge >= 0.3 is 0 Å². The van der Waals surface area contributed by atoms with E-state index in [0.29, 0.717) is 18.8 Å². The first-order chi connectivity index (χ1) is 14.3. The van der Waals surface area contributed by atoms with Gasteiger partial charge in [0.15, 0.2) is 0 Å². The molecule has 1 N–H and O–H groups in total. The van der Waals surface area contributed by atoms with Gasteiger partial charge in [-0.25, -0.2) is 12.8 Å². The number of carbonyl (C=O) groups is 1. The Morgan fingerprint density at radius 1 is 1.23 bits per heavy atom. The Morgan fingerprint density at radius 2 is 1.97 bits per heavy atom. The molecule has 10 heteroatoms. The van der Waals surface area contributed by atoms with Crippen molar-refractivity contribution in [1.29, 1.82) is 0 Å². The highest BCUT2D eigenvalue weighted by Crippen LogP contribution is 2.29. The van der Waals surface area contributed by atoms with Crippen LogP contribution in [0.5, 0.6) is 5.75 Å². The number of benzene rings is 2. The number of nitrogens with zero attached hydrogens (tertiary/aromatic N) is 1. The molecule has 0 unspecified atom stereocenters. The molecular formula is C20H20ClFN2O5S. The van der Waals surface area contributed by atoms with Crippen LogP contribution in [0.4, 0.5) is 10.1 Å². The number of carbonyl (C=O) groups excluding carboxylic acids is 1. The zero-order valence-corrected chi connectivity index (χ0v) is 17.7. The molecule has 0 bridgehead atoms. The maximum Gasteiger partial charge on any atom is 0.248 e. The van der Waals surface area contributed by atoms with E-state index in [-0.39, 0.29) is 34.4 Å². The van der Waals surface area contributed by atoms with E-state index in [9.17, 15) is 17.6 Å². The molecule has 3 rings (SSSR count). The first kappa shape index (κ1) is 22.2. The van der Waals surface area contributed by atoms with Crippen molar-refractivity contribution in [3.8, 4) is 5.75 Å². The summed E-state index contributed by atoms with van der Waals surface area (Å²) in [6.45, 7) is 1.15. The minimum Gasteiger partial charge on any atom is -0.495 e. The van der Waals surface area contributed by atoms with Crippen LogP contribution < -0.4 is 10.1 Å². The lowest BCUT2D eigenvalue weighted by Crippen LogP contribution is -2.40. The predicted molar refractivity (Wildman–Crippen MR) is 112 cm³/mol. The highest BCUT2D eigenvalue weighted by atomic mass is 35.5. The molecule has 1 fully saturated rings. The molecule has 0 aromatic heterocycles. The van der Waals surface area contributed by atoms with Crippen LogP contribution >= 0.6 is 11.6 Å². The first-order valence-electron chi connectivity index (χ1n) is 9.01. The molecule has 1 aliphatic heterocycles. The second-order valence-corrected chi connectivity index (χ2v) is 8.72. The molecule has 160 valence electrons. The number of sulfonamides is 1. The third kappa shape index (κ3) is 5.17. The number of nitrogens with one attached hydrogen (secondary N) is 1. The number of hydrogen-bond acceptors (Lipinski definition) is 5. The van der Waals surface area contributed by atoms with Gasteiger partial charge in [-0.05, 0) is 42.0 Å². The number of rotatable bonds is 6. The van der Waals surface area contributed by atoms with Crippen LogP contribution in [0, 0.1) is 5.82 Å². The zero-order valence-electron chi connectivity index (χ0n) is 16.1. The summed E-state index contributed by atoms with van der Waals surface area (Å²) >= 11 is 5.69. The minimum atomic E-state index is -3.79. The van der Waals surface area contributed by atoms with Crippen LogP contribution in [0.25, 0.3) is 6.08 Å². The predicted octanol–water partition coefficient (Wildman–Crippen LogP) is 3.16. The molecule has 0 radical (unpaired) electrons. The van der Waals surface area contributed by atoms with Crippen molar-refractivity contribution in [2.24, 2.45) is 0 Å². The van der Waals surface area contributed by atoms with Gasteiger partial charge in [0.25, 0.3) is 0 Å². The third-order valence-electron chi connectivity index (χ3n) is 4.39. The van der Waals surface area contributed by atoms with E-state index in [4.69, 9.17) is 21.1 Å². The molecule has 30 heavy (non-hydrogen) atoms. The van der Waals surface area contributed by atoms with Gasteiger partial charge in [-0.3, -0.25) is 4.79 Å². The standard InChI is InChI=1S/C20H20ClFN2O5S/c1-28-18-6-2-14(12-19(18)30(26,27)24-8-10-29-11-9-24)3-7-20(25)23-17-5-4-15(21)13-16(17)22/h2-7,12-13H,8-11H2,1H3,(H,23,25)/b7-3+. The Balaban J connectivity index is 1.81. The second kappa shape index (κ2) is 9.57. The summed E-state index contributed by atoms with van der Waals surface area (Å²) in [6, 6.07) is 8.46. The minimum absolute atomic E-state index is 0.00166. The molecule has 2 aromatic rings. The molecule has 1 heterocycles. The number of morpholine rings is 1. The summed E-state index contributed by atoms with van der Waals surface area (Å²) < 4.78 is 51.6. The van der Waals surface area contributed by atoms with Crippen molar-refractivity contribution in [2.45, 2.75) is 4.90 Å². The molecule has 0 aliphatic carbocycles. The summed E-state index contributed by atoms with van der Waals surface area (Å²) in [6.07, 6.45) is 2.61. The van der Waals surface area contributed by atoms with Crippen LogP contribution in [-0.2, 0) is 19.6 Å². The Morgan fingerprint density at radius 3 is 2.63 bits per heavy atom. The van der Waals surface area contributed by atoms with Gasteiger partial charge in [0.1, 0.15) is 16.5 Å². The number of ether oxygens (including phenoxy) is 2. The molecule has 0 atom stereocenters. The molecule has 1 saturated heterocycles. The van der Waals surface area contributed by atoms with Crippen molar-refractivity contribution < 1.29 is 27.1 Å². The molecule has 0 spiro atoms. The van der Waals surface area contributed by atoms with Gasteiger partial charge in [0.2, 0.25) is 15.9 Å². The quantitative estimate of drug-likeness (QED) is 0.678. The lowest BCUT2D eigenvalue weighted by atomic mass is 10.2. The maximum absolute atomic E-state index is 13.8. The van der Waals surface area contributed by atoms with Crippen LogP contribution in [-0.4, -0.2) is 52.0 Å². The molecular weight excluding hydrogens is 435 g/mol. The van der Waals surface area contributed by atoms with Gasteiger partial charge in [0, 0.05) is 24.2 Å². The van der Waals surface area contributed by atoms with E-state index >= 15 is 0 Å². The molecule has 7 nitrogen and oxygen atoms in total. The van der Waals surface area contributed by atoms with Crippen molar-refractivity contribution in [2.75, 3.05) is 38.7 Å². The van der Waals surface area contributed by atoms with Gasteiger partial charge in [-0.2, -0.15) is 4.31 Å². The van der Waals surface area contributed by atoms with Crippen molar-refractivity contribution in [1.82, 2.24) is 4.31 Å². The Bertz CT molecular complexity index is 1070. The summed E-state index contributed by atoms with van der Waals surface area (Å²) in [5, 5.41) is 2.62. The number of anilines is 1. The van der Waals surface area contributed by atoms with Crippen LogP contribution in [0.2, 0.25) is 5.02 Å². The second-order valence-electron chi connectivity index (χ2n) is 6.37. The van der Waals surface area contributed by atoms with Gasteiger partial charge in [-0.1, -0.05) is 17.7 Å².